The van der Waals surface area contributed by atoms with E-state index in [2.05, 4.69) is 39.5 Å². The number of hydrogen-bond donors (Lipinski definition) is 0. The topological polar surface area (TPSA) is 29.5 Å². The lowest BCUT2D eigenvalue weighted by molar-refractivity contribution is -0.133. The van der Waals surface area contributed by atoms with Crippen LogP contribution in [-0.2, 0) is 9.53 Å². The molecule has 3 heteroatoms. The zero-order chi connectivity index (χ0) is 13.8. The Kier molecular flexibility index (Phi) is 5.80. The number of nitrogens with zero attached hydrogens (tertiary/aromatic N) is 1. The fourth-order valence-corrected chi connectivity index (χ4v) is 2.75. The molecule has 0 saturated carbocycles. The highest BCUT2D eigenvalue weighted by Gasteiger charge is 2.35. The van der Waals surface area contributed by atoms with Crippen LogP contribution in [0, 0.1) is 11.8 Å². The highest BCUT2D eigenvalue weighted by molar-refractivity contribution is 5.87. The summed E-state index contributed by atoms with van der Waals surface area (Å²) in [5, 5.41) is 0. The Bertz CT molecular complexity index is 268. The van der Waals surface area contributed by atoms with Crippen molar-refractivity contribution in [2.24, 2.45) is 11.8 Å². The van der Waals surface area contributed by atoms with Gasteiger partial charge in [0.25, 0.3) is 0 Å². The van der Waals surface area contributed by atoms with Gasteiger partial charge in [0.2, 0.25) is 0 Å². The first-order chi connectivity index (χ1) is 8.34. The molecule has 0 aromatic carbocycles. The molecule has 3 nitrogen and oxygen atoms in total. The van der Waals surface area contributed by atoms with Gasteiger partial charge in [-0.05, 0) is 32.1 Å². The molecule has 0 bridgehead atoms. The summed E-state index contributed by atoms with van der Waals surface area (Å²) in [4.78, 5) is 14.7. The molecule has 1 rings (SSSR count). The Balaban J connectivity index is 2.52. The van der Waals surface area contributed by atoms with Crippen LogP contribution in [0.25, 0.3) is 0 Å². The molecule has 1 atom stereocenters. The van der Waals surface area contributed by atoms with Crippen LogP contribution in [0.1, 0.15) is 47.5 Å². The Labute approximate surface area is 112 Å². The minimum absolute atomic E-state index is 0.338. The van der Waals surface area contributed by atoms with Crippen molar-refractivity contribution in [3.05, 3.63) is 0 Å². The first kappa shape index (κ1) is 15.6. The molecule has 1 saturated heterocycles. The minimum Gasteiger partial charge on any atom is -0.379 e. The molecule has 1 aliphatic rings. The second kappa shape index (κ2) is 6.67. The molecule has 106 valence electrons. The molecular formula is C15H29NO2. The first-order valence-electron chi connectivity index (χ1n) is 7.20. The summed E-state index contributed by atoms with van der Waals surface area (Å²) in [6.45, 7) is 14.0. The van der Waals surface area contributed by atoms with Crippen molar-refractivity contribution in [1.29, 1.82) is 0 Å². The highest BCUT2D eigenvalue weighted by Crippen LogP contribution is 2.23. The second-order valence-electron chi connectivity index (χ2n) is 6.52. The van der Waals surface area contributed by atoms with Crippen molar-refractivity contribution in [1.82, 2.24) is 4.90 Å². The molecule has 0 spiro atoms. The molecular weight excluding hydrogens is 226 g/mol. The number of Topliss-reactive ketones (excluding diaryl/α,β-unsaturated/α-hetero) is 1. The lowest BCUT2D eigenvalue weighted by Gasteiger charge is -2.40. The maximum absolute atomic E-state index is 12.5. The van der Waals surface area contributed by atoms with Gasteiger partial charge in [0, 0.05) is 19.5 Å². The van der Waals surface area contributed by atoms with Crippen LogP contribution < -0.4 is 0 Å². The average molecular weight is 255 g/mol. The molecule has 0 N–H and O–H groups in total. The lowest BCUT2D eigenvalue weighted by atomic mass is 9.86. The van der Waals surface area contributed by atoms with E-state index in [1.807, 2.05) is 0 Å². The standard InChI is InChI=1S/C15H29NO2/c1-12(2)10-13(3)11-14(17)15(4,5)16-6-8-18-9-7-16/h12-13H,6-11H2,1-5H3. The largest absolute Gasteiger partial charge is 0.379 e. The van der Waals surface area contributed by atoms with E-state index in [9.17, 15) is 4.79 Å². The Hall–Kier alpha value is -0.410. The summed E-state index contributed by atoms with van der Waals surface area (Å²) in [5.74, 6) is 1.52. The molecule has 0 aromatic rings. The van der Waals surface area contributed by atoms with E-state index < -0.39 is 0 Å². The fraction of sp³-hybridized carbons (Fsp3) is 0.933. The second-order valence-corrected chi connectivity index (χ2v) is 6.52. The van der Waals surface area contributed by atoms with Gasteiger partial charge < -0.3 is 4.74 Å². The van der Waals surface area contributed by atoms with Crippen LogP contribution >= 0.6 is 0 Å². The van der Waals surface area contributed by atoms with E-state index in [-0.39, 0.29) is 5.54 Å². The third kappa shape index (κ3) is 4.36. The summed E-state index contributed by atoms with van der Waals surface area (Å²) < 4.78 is 5.36. The molecule has 1 aliphatic heterocycles. The molecule has 1 heterocycles. The number of hydrogen-bond acceptors (Lipinski definition) is 3. The van der Waals surface area contributed by atoms with Gasteiger partial charge in [-0.1, -0.05) is 20.8 Å². The van der Waals surface area contributed by atoms with Gasteiger partial charge in [-0.15, -0.1) is 0 Å². The summed E-state index contributed by atoms with van der Waals surface area (Å²) in [6, 6.07) is 0. The normalized spacial score (nSPS) is 20.1. The van der Waals surface area contributed by atoms with Gasteiger partial charge >= 0.3 is 0 Å². The maximum Gasteiger partial charge on any atom is 0.152 e. The van der Waals surface area contributed by atoms with Gasteiger partial charge in [0.05, 0.1) is 18.8 Å². The number of rotatable bonds is 6. The van der Waals surface area contributed by atoms with Crippen molar-refractivity contribution in [3.63, 3.8) is 0 Å². The monoisotopic (exact) mass is 255 g/mol. The number of morpholine rings is 1. The van der Waals surface area contributed by atoms with E-state index in [1.165, 1.54) is 0 Å². The quantitative estimate of drug-likeness (QED) is 0.731. The predicted octanol–water partition coefficient (Wildman–Crippen LogP) is 2.74. The summed E-state index contributed by atoms with van der Waals surface area (Å²) >= 11 is 0. The van der Waals surface area contributed by atoms with Crippen LogP contribution in [0.4, 0.5) is 0 Å². The zero-order valence-electron chi connectivity index (χ0n) is 12.7. The first-order valence-corrected chi connectivity index (χ1v) is 7.20. The molecule has 0 aromatic heterocycles. The minimum atomic E-state index is -0.338. The van der Waals surface area contributed by atoms with Gasteiger partial charge in [-0.3, -0.25) is 9.69 Å². The van der Waals surface area contributed by atoms with Gasteiger partial charge in [-0.2, -0.15) is 0 Å². The van der Waals surface area contributed by atoms with Crippen LogP contribution in [0.2, 0.25) is 0 Å². The van der Waals surface area contributed by atoms with E-state index in [1.54, 1.807) is 0 Å². The van der Waals surface area contributed by atoms with Crippen molar-refractivity contribution in [3.8, 4) is 0 Å². The van der Waals surface area contributed by atoms with Crippen LogP contribution in [0.15, 0.2) is 0 Å². The van der Waals surface area contributed by atoms with Crippen molar-refractivity contribution < 1.29 is 9.53 Å². The van der Waals surface area contributed by atoms with Crippen molar-refractivity contribution in [2.45, 2.75) is 53.0 Å². The molecule has 1 unspecified atom stereocenters. The molecule has 1 fully saturated rings. The van der Waals surface area contributed by atoms with Crippen LogP contribution in [0.3, 0.4) is 0 Å². The van der Waals surface area contributed by atoms with Crippen molar-refractivity contribution in [2.75, 3.05) is 26.3 Å². The average Bonchev–Trinajstić information content (AvgIpc) is 2.28. The Morgan fingerprint density at radius 3 is 2.28 bits per heavy atom. The van der Waals surface area contributed by atoms with Crippen LogP contribution in [-0.4, -0.2) is 42.5 Å². The van der Waals surface area contributed by atoms with Crippen LogP contribution in [0.5, 0.6) is 0 Å². The van der Waals surface area contributed by atoms with E-state index in [0.29, 0.717) is 24.0 Å². The number of carbonyl (C=O) groups is 1. The van der Waals surface area contributed by atoms with Crippen molar-refractivity contribution >= 4 is 5.78 Å². The predicted molar refractivity (Wildman–Crippen MR) is 74.7 cm³/mol. The molecule has 18 heavy (non-hydrogen) atoms. The zero-order valence-corrected chi connectivity index (χ0v) is 12.7. The van der Waals surface area contributed by atoms with E-state index in [0.717, 1.165) is 32.7 Å². The van der Waals surface area contributed by atoms with Gasteiger partial charge in [-0.25, -0.2) is 0 Å². The third-order valence-electron chi connectivity index (χ3n) is 3.89. The summed E-state index contributed by atoms with van der Waals surface area (Å²) in [6.07, 6.45) is 1.83. The molecule has 0 radical (unpaired) electrons. The highest BCUT2D eigenvalue weighted by atomic mass is 16.5. The van der Waals surface area contributed by atoms with Gasteiger partial charge in [0.1, 0.15) is 0 Å². The van der Waals surface area contributed by atoms with E-state index >= 15 is 0 Å². The molecule has 0 aliphatic carbocycles. The van der Waals surface area contributed by atoms with Gasteiger partial charge in [0.15, 0.2) is 5.78 Å². The Morgan fingerprint density at radius 1 is 1.22 bits per heavy atom. The lowest BCUT2D eigenvalue weighted by Crippen LogP contribution is -2.54. The Morgan fingerprint density at radius 2 is 1.78 bits per heavy atom. The smallest absolute Gasteiger partial charge is 0.152 e. The summed E-state index contributed by atoms with van der Waals surface area (Å²) in [7, 11) is 0. The molecule has 0 amide bonds. The number of ketones is 1. The SMILES string of the molecule is CC(C)CC(C)CC(=O)C(C)(C)N1CCOCC1. The fourth-order valence-electron chi connectivity index (χ4n) is 2.75. The third-order valence-corrected chi connectivity index (χ3v) is 3.89. The number of carbonyl (C=O) groups excluding carboxylic acids is 1. The number of ether oxygens (including phenoxy) is 1. The maximum atomic E-state index is 12.5. The van der Waals surface area contributed by atoms with E-state index in [4.69, 9.17) is 4.74 Å². The summed E-state index contributed by atoms with van der Waals surface area (Å²) in [5.41, 5.74) is -0.338.